The average molecular weight is 654 g/mol. The van der Waals surface area contributed by atoms with Crippen molar-refractivity contribution in [2.75, 3.05) is 27.3 Å². The van der Waals surface area contributed by atoms with E-state index in [0.29, 0.717) is 32.1 Å². The molecule has 0 fully saturated rings. The maximum Gasteiger partial charge on any atom is 2.00 e. The monoisotopic (exact) mass is 653 g/mol. The van der Waals surface area contributed by atoms with Crippen LogP contribution in [0.4, 0.5) is 0 Å². The van der Waals surface area contributed by atoms with Crippen molar-refractivity contribution >= 4 is 39.1 Å². The fourth-order valence-corrected chi connectivity index (χ4v) is 6.76. The first-order chi connectivity index (χ1) is 21.0. The molecule has 3 aromatic heterocycles. The fourth-order valence-electron chi connectivity index (χ4n) is 6.76. The number of aliphatic hydroxyl groups excluding tert-OH is 2. The van der Waals surface area contributed by atoms with E-state index in [4.69, 9.17) is 19.9 Å². The van der Waals surface area contributed by atoms with E-state index >= 15 is 0 Å². The van der Waals surface area contributed by atoms with Crippen LogP contribution in [0.5, 0.6) is 0 Å². The van der Waals surface area contributed by atoms with Crippen molar-refractivity contribution in [2.24, 2.45) is 0 Å². The maximum absolute atomic E-state index is 13.2. The van der Waals surface area contributed by atoms with E-state index in [1.165, 1.54) is 0 Å². The van der Waals surface area contributed by atoms with Crippen LogP contribution in [0.25, 0.3) is 33.2 Å². The summed E-state index contributed by atoms with van der Waals surface area (Å²) >= 11 is 0. The Kier molecular flexibility index (Phi) is 10.8. The van der Waals surface area contributed by atoms with Crippen LogP contribution in [0.3, 0.4) is 0 Å². The molecule has 9 heteroatoms. The number of aryl methyl sites for hydroxylation is 3. The Morgan fingerprint density at radius 3 is 2.29 bits per heavy atom. The van der Waals surface area contributed by atoms with Gasteiger partial charge in [-0.2, -0.15) is 0 Å². The van der Waals surface area contributed by atoms with Gasteiger partial charge in [0.2, 0.25) is 5.91 Å². The van der Waals surface area contributed by atoms with Crippen LogP contribution in [0.15, 0.2) is 30.3 Å². The molecule has 2 aliphatic rings. The Bertz CT molecular complexity index is 1770. The van der Waals surface area contributed by atoms with Crippen LogP contribution in [0, 0.1) is 13.8 Å². The first-order valence-corrected chi connectivity index (χ1v) is 15.7. The molecule has 0 saturated heterocycles. The Hall–Kier alpha value is -3.26. The van der Waals surface area contributed by atoms with Gasteiger partial charge in [0.25, 0.3) is 0 Å². The molecule has 0 aliphatic carbocycles. The van der Waals surface area contributed by atoms with E-state index in [0.717, 1.165) is 79.1 Å². The third-order valence-corrected chi connectivity index (χ3v) is 9.46. The summed E-state index contributed by atoms with van der Waals surface area (Å²) in [5.41, 5.74) is 11.7. The third-order valence-electron chi connectivity index (χ3n) is 9.46. The first kappa shape index (κ1) is 34.6. The number of amides is 1. The molecule has 3 aromatic rings. The maximum atomic E-state index is 13.2. The van der Waals surface area contributed by atoms with Gasteiger partial charge in [-0.25, -0.2) is 4.98 Å². The van der Waals surface area contributed by atoms with Crippen molar-refractivity contribution in [3.8, 4) is 0 Å². The molecule has 45 heavy (non-hydrogen) atoms. The van der Waals surface area contributed by atoms with Crippen LogP contribution >= 0.6 is 0 Å². The van der Waals surface area contributed by atoms with Crippen molar-refractivity contribution < 1.29 is 31.5 Å². The number of aromatic nitrogens is 4. The quantitative estimate of drug-likeness (QED) is 0.283. The molecule has 2 atom stereocenters. The Labute approximate surface area is 276 Å². The van der Waals surface area contributed by atoms with Gasteiger partial charge < -0.3 is 25.1 Å². The van der Waals surface area contributed by atoms with Gasteiger partial charge in [-0.1, -0.05) is 60.9 Å². The molecule has 2 N–H and O–H groups in total. The van der Waals surface area contributed by atoms with E-state index in [2.05, 4.69) is 58.9 Å². The van der Waals surface area contributed by atoms with E-state index in [1.807, 2.05) is 6.07 Å². The zero-order valence-electron chi connectivity index (χ0n) is 27.5. The molecule has 0 aromatic carbocycles. The van der Waals surface area contributed by atoms with Gasteiger partial charge in [0, 0.05) is 56.5 Å². The molecule has 2 unspecified atom stereocenters. The van der Waals surface area contributed by atoms with Crippen LogP contribution in [0.2, 0.25) is 0 Å². The van der Waals surface area contributed by atoms with Gasteiger partial charge >= 0.3 is 16.5 Å². The number of hydrogen-bond acceptors (Lipinski definition) is 5. The van der Waals surface area contributed by atoms with Crippen LogP contribution in [-0.2, 0) is 33.1 Å². The largest absolute Gasteiger partial charge is 2.00 e. The van der Waals surface area contributed by atoms with E-state index in [1.54, 1.807) is 19.0 Å². The molecular formula is C36H45N5NiO3. The molecule has 5 rings (SSSR count). The van der Waals surface area contributed by atoms with Gasteiger partial charge in [-0.3, -0.25) is 9.78 Å². The molecule has 0 radical (unpaired) electrons. The average Bonchev–Trinajstić information content (AvgIpc) is 3.64. The minimum atomic E-state index is -0.526. The smallest absolute Gasteiger partial charge is 0.658 e. The molecule has 0 saturated carbocycles. The minimum absolute atomic E-state index is 0. The summed E-state index contributed by atoms with van der Waals surface area (Å²) in [6.45, 7) is 10.7. The van der Waals surface area contributed by atoms with Crippen molar-refractivity contribution in [1.29, 1.82) is 0 Å². The van der Waals surface area contributed by atoms with Gasteiger partial charge in [0.05, 0.1) is 11.4 Å². The summed E-state index contributed by atoms with van der Waals surface area (Å²) in [4.78, 5) is 35.3. The number of allylic oxidation sites excluding steroid dienone is 2. The Balaban J connectivity index is 0.00000461. The molecule has 242 valence electrons. The van der Waals surface area contributed by atoms with Crippen LogP contribution < -0.4 is 9.97 Å². The van der Waals surface area contributed by atoms with Gasteiger partial charge in [0.15, 0.2) is 0 Å². The van der Waals surface area contributed by atoms with Crippen molar-refractivity contribution in [3.63, 3.8) is 0 Å². The van der Waals surface area contributed by atoms with E-state index < -0.39 is 5.41 Å². The summed E-state index contributed by atoms with van der Waals surface area (Å²) in [5.74, 6) is 0.0920. The van der Waals surface area contributed by atoms with Crippen LogP contribution in [0.1, 0.15) is 98.3 Å². The molecule has 8 bridgehead atoms. The number of aliphatic hydroxyl groups is 2. The normalized spacial score (nSPS) is 17.8. The van der Waals surface area contributed by atoms with Crippen molar-refractivity contribution in [1.82, 2.24) is 24.8 Å². The zero-order valence-corrected chi connectivity index (χ0v) is 28.5. The van der Waals surface area contributed by atoms with E-state index in [9.17, 15) is 15.0 Å². The molecule has 5 heterocycles. The van der Waals surface area contributed by atoms with Crippen LogP contribution in [-0.4, -0.2) is 58.3 Å². The number of fused-ring (bicyclic) bond motifs is 8. The molecule has 1 amide bonds. The summed E-state index contributed by atoms with van der Waals surface area (Å²) in [7, 11) is 3.60. The topological polar surface area (TPSA) is 115 Å². The predicted molar refractivity (Wildman–Crippen MR) is 176 cm³/mol. The second-order valence-corrected chi connectivity index (χ2v) is 12.7. The number of nitrogens with zero attached hydrogens (tertiary/aromatic N) is 5. The van der Waals surface area contributed by atoms with Crippen molar-refractivity contribution in [2.45, 2.75) is 84.5 Å². The Morgan fingerprint density at radius 2 is 1.62 bits per heavy atom. The van der Waals surface area contributed by atoms with Crippen molar-refractivity contribution in [3.05, 3.63) is 69.8 Å². The molecule has 2 aliphatic heterocycles. The minimum Gasteiger partial charge on any atom is -0.658 e. The van der Waals surface area contributed by atoms with Gasteiger partial charge in [0.1, 0.15) is 0 Å². The predicted octanol–water partition coefficient (Wildman–Crippen LogP) is 5.75. The third kappa shape index (κ3) is 6.67. The Morgan fingerprint density at radius 1 is 0.911 bits per heavy atom. The SMILES string of the molecule is CCC1c2cc3[n-]c(cc4nc(cc5[n-]c(cc(n2)C1(C)CC(=O)N(C)C)c(C)c5CCCO)C(CCCO)=C4C)cc3C.[Ni+2]. The summed E-state index contributed by atoms with van der Waals surface area (Å²) in [6, 6.07) is 10.3. The second-order valence-electron chi connectivity index (χ2n) is 12.7. The number of carbonyl (C=O) groups excluding carboxylic acids is 1. The zero-order chi connectivity index (χ0) is 31.8. The van der Waals surface area contributed by atoms with E-state index in [-0.39, 0.29) is 41.5 Å². The molecular weight excluding hydrogens is 609 g/mol. The number of rotatable bonds is 9. The summed E-state index contributed by atoms with van der Waals surface area (Å²) < 4.78 is 0. The summed E-state index contributed by atoms with van der Waals surface area (Å²) in [5, 5.41) is 19.3. The fraction of sp³-hybridized carbons (Fsp3) is 0.472. The number of carbonyl (C=O) groups is 1. The number of hydrogen-bond donors (Lipinski definition) is 2. The van der Waals surface area contributed by atoms with Gasteiger partial charge in [-0.15, -0.1) is 22.1 Å². The standard InChI is InChI=1S/C36H45N5O3.Ni/c1-8-27-33-17-28-21(2)15-24(37-28)16-29-22(3)25(11-9-13-42)31(38-29)18-32-26(12-10-14-43)23(4)30(39-32)19-34(40-33)36(27,5)20-35(44)41(6)7;/h15-19,27,42-43H,8-14,20H2,1-7H3;/q-2;+2. The first-order valence-electron chi connectivity index (χ1n) is 15.7. The van der Waals surface area contributed by atoms with Gasteiger partial charge in [-0.05, 0) is 64.0 Å². The summed E-state index contributed by atoms with van der Waals surface area (Å²) in [6.07, 6.45) is 3.82. The molecule has 0 spiro atoms. The second kappa shape index (κ2) is 14.0. The molecule has 8 nitrogen and oxygen atoms in total.